The number of nitrogens with zero attached hydrogens (tertiary/aromatic N) is 5. The summed E-state index contributed by atoms with van der Waals surface area (Å²) in [6.07, 6.45) is 0.825. The molecule has 3 heterocycles. The lowest BCUT2D eigenvalue weighted by Crippen LogP contribution is -2.35. The first-order valence-corrected chi connectivity index (χ1v) is 9.93. The second-order valence-corrected chi connectivity index (χ2v) is 7.39. The fourth-order valence-electron chi connectivity index (χ4n) is 4.28. The van der Waals surface area contributed by atoms with Crippen LogP contribution in [0.3, 0.4) is 0 Å². The summed E-state index contributed by atoms with van der Waals surface area (Å²) in [6.45, 7) is 0.955. The van der Waals surface area contributed by atoms with Crippen LogP contribution in [0.4, 0.5) is 0 Å². The Bertz CT molecular complexity index is 1160. The van der Waals surface area contributed by atoms with Gasteiger partial charge in [-0.3, -0.25) is 9.69 Å². The SMILES string of the molecule is CNC(=O)c1ccccc1-n1nnnc1[C@H]1c2c(cc3c(c2OC)OCO3)CCN1C. The maximum absolute atomic E-state index is 12.5. The summed E-state index contributed by atoms with van der Waals surface area (Å²) in [4.78, 5) is 14.6. The van der Waals surface area contributed by atoms with Crippen molar-refractivity contribution in [3.63, 3.8) is 0 Å². The van der Waals surface area contributed by atoms with E-state index in [0.717, 1.165) is 24.1 Å². The molecule has 10 nitrogen and oxygen atoms in total. The van der Waals surface area contributed by atoms with Gasteiger partial charge in [-0.05, 0) is 47.7 Å². The summed E-state index contributed by atoms with van der Waals surface area (Å²) in [5.41, 5.74) is 3.12. The molecule has 0 spiro atoms. The Morgan fingerprint density at radius 1 is 1.29 bits per heavy atom. The average molecular weight is 422 g/mol. The van der Waals surface area contributed by atoms with Gasteiger partial charge in [-0.2, -0.15) is 4.68 Å². The molecule has 2 aliphatic rings. The largest absolute Gasteiger partial charge is 0.492 e. The number of hydrogen-bond donors (Lipinski definition) is 1. The minimum absolute atomic E-state index is 0.159. The van der Waals surface area contributed by atoms with Crippen molar-refractivity contribution >= 4 is 5.91 Å². The maximum Gasteiger partial charge on any atom is 0.253 e. The van der Waals surface area contributed by atoms with Gasteiger partial charge in [0.05, 0.1) is 18.4 Å². The number of ether oxygens (including phenoxy) is 3. The second kappa shape index (κ2) is 7.55. The van der Waals surface area contributed by atoms with E-state index in [0.29, 0.717) is 34.3 Å². The average Bonchev–Trinajstić information content (AvgIpc) is 3.46. The number of tetrazole rings is 1. The Morgan fingerprint density at radius 3 is 2.94 bits per heavy atom. The first-order chi connectivity index (χ1) is 15.1. The van der Waals surface area contributed by atoms with Crippen LogP contribution in [0.15, 0.2) is 30.3 Å². The molecule has 2 aliphatic heterocycles. The molecule has 31 heavy (non-hydrogen) atoms. The van der Waals surface area contributed by atoms with Crippen molar-refractivity contribution in [3.05, 3.63) is 52.8 Å². The molecule has 1 atom stereocenters. The minimum Gasteiger partial charge on any atom is -0.492 e. The van der Waals surface area contributed by atoms with E-state index in [-0.39, 0.29) is 18.7 Å². The van der Waals surface area contributed by atoms with Crippen molar-refractivity contribution in [2.45, 2.75) is 12.5 Å². The van der Waals surface area contributed by atoms with Crippen molar-refractivity contribution in [1.29, 1.82) is 0 Å². The van der Waals surface area contributed by atoms with Crippen LogP contribution in [0.5, 0.6) is 17.2 Å². The number of likely N-dealkylation sites (N-methyl/N-ethyl adjacent to an activating group) is 1. The van der Waals surface area contributed by atoms with E-state index in [4.69, 9.17) is 14.2 Å². The number of amides is 1. The van der Waals surface area contributed by atoms with E-state index in [1.54, 1.807) is 24.9 Å². The van der Waals surface area contributed by atoms with Gasteiger partial charge >= 0.3 is 0 Å². The maximum atomic E-state index is 12.5. The monoisotopic (exact) mass is 422 g/mol. The number of nitrogens with one attached hydrogen (secondary N) is 1. The number of aromatic nitrogens is 4. The van der Waals surface area contributed by atoms with Gasteiger partial charge in [0.25, 0.3) is 5.91 Å². The Balaban J connectivity index is 1.70. The molecule has 0 aliphatic carbocycles. The molecule has 10 heteroatoms. The van der Waals surface area contributed by atoms with Crippen LogP contribution < -0.4 is 19.5 Å². The number of carbonyl (C=O) groups excluding carboxylic acids is 1. The summed E-state index contributed by atoms with van der Waals surface area (Å²) in [6, 6.07) is 8.93. The molecular formula is C21H22N6O4. The van der Waals surface area contributed by atoms with Crippen LogP contribution in [0.25, 0.3) is 5.69 Å². The number of methoxy groups -OCH3 is 1. The summed E-state index contributed by atoms with van der Waals surface area (Å²) in [7, 11) is 5.23. The zero-order valence-electron chi connectivity index (χ0n) is 17.5. The van der Waals surface area contributed by atoms with Gasteiger partial charge in [0.1, 0.15) is 6.04 Å². The Kier molecular flexibility index (Phi) is 4.70. The predicted molar refractivity (Wildman–Crippen MR) is 110 cm³/mol. The van der Waals surface area contributed by atoms with E-state index in [2.05, 4.69) is 25.7 Å². The van der Waals surface area contributed by atoms with Gasteiger partial charge in [0.2, 0.25) is 12.5 Å². The summed E-state index contributed by atoms with van der Waals surface area (Å²) in [5, 5.41) is 15.2. The summed E-state index contributed by atoms with van der Waals surface area (Å²) in [5.74, 6) is 2.26. The molecule has 160 valence electrons. The highest BCUT2D eigenvalue weighted by Gasteiger charge is 2.38. The molecular weight excluding hydrogens is 400 g/mol. The highest BCUT2D eigenvalue weighted by molar-refractivity contribution is 5.97. The number of carbonyl (C=O) groups is 1. The van der Waals surface area contributed by atoms with Gasteiger partial charge in [0, 0.05) is 19.2 Å². The smallest absolute Gasteiger partial charge is 0.253 e. The van der Waals surface area contributed by atoms with Crippen LogP contribution in [0.2, 0.25) is 0 Å². The second-order valence-electron chi connectivity index (χ2n) is 7.39. The van der Waals surface area contributed by atoms with Gasteiger partial charge in [-0.25, -0.2) is 0 Å². The van der Waals surface area contributed by atoms with Crippen LogP contribution in [-0.2, 0) is 6.42 Å². The lowest BCUT2D eigenvalue weighted by molar-refractivity contribution is 0.0963. The van der Waals surface area contributed by atoms with Crippen LogP contribution in [0.1, 0.15) is 33.4 Å². The zero-order chi connectivity index (χ0) is 21.5. The van der Waals surface area contributed by atoms with Crippen molar-refractivity contribution in [3.8, 4) is 22.9 Å². The number of fused-ring (bicyclic) bond motifs is 2. The van der Waals surface area contributed by atoms with E-state index in [1.807, 2.05) is 31.3 Å². The fraction of sp³-hybridized carbons (Fsp3) is 0.333. The molecule has 0 fully saturated rings. The van der Waals surface area contributed by atoms with Crippen LogP contribution >= 0.6 is 0 Å². The molecule has 0 unspecified atom stereocenters. The van der Waals surface area contributed by atoms with Gasteiger partial charge in [-0.15, -0.1) is 5.10 Å². The van der Waals surface area contributed by atoms with E-state index in [9.17, 15) is 4.79 Å². The molecule has 5 rings (SSSR count). The van der Waals surface area contributed by atoms with Gasteiger partial charge < -0.3 is 19.5 Å². The molecule has 3 aromatic rings. The van der Waals surface area contributed by atoms with Crippen LogP contribution in [0, 0.1) is 0 Å². The molecule has 0 bridgehead atoms. The lowest BCUT2D eigenvalue weighted by atomic mass is 9.90. The Hall–Kier alpha value is -3.66. The number of para-hydroxylation sites is 1. The Morgan fingerprint density at radius 2 is 2.13 bits per heavy atom. The molecule has 1 amide bonds. The number of benzene rings is 2. The fourth-order valence-corrected chi connectivity index (χ4v) is 4.28. The molecule has 2 aromatic carbocycles. The third kappa shape index (κ3) is 2.98. The minimum atomic E-state index is -0.305. The van der Waals surface area contributed by atoms with Crippen molar-refractivity contribution in [2.24, 2.45) is 0 Å². The summed E-state index contributed by atoms with van der Waals surface area (Å²) < 4.78 is 18.7. The highest BCUT2D eigenvalue weighted by atomic mass is 16.7. The molecule has 0 radical (unpaired) electrons. The van der Waals surface area contributed by atoms with E-state index in [1.165, 1.54) is 0 Å². The third-order valence-electron chi connectivity index (χ3n) is 5.74. The topological polar surface area (TPSA) is 104 Å². The number of rotatable bonds is 4. The lowest BCUT2D eigenvalue weighted by Gasteiger charge is -2.34. The van der Waals surface area contributed by atoms with Crippen molar-refractivity contribution in [2.75, 3.05) is 34.5 Å². The number of hydrogen-bond acceptors (Lipinski definition) is 8. The molecule has 0 saturated heterocycles. The highest BCUT2D eigenvalue weighted by Crippen LogP contribution is 2.50. The standard InChI is InChI=1S/C21H22N6O4/c1-22-21(28)13-6-4-5-7-14(13)27-20(23-24-25-27)17-16-12(8-9-26(17)2)10-15-18(19(16)29-3)31-11-30-15/h4-7,10,17H,8-9,11H2,1-3H3,(H,22,28)/t17-/m1/s1. The molecule has 0 saturated carbocycles. The van der Waals surface area contributed by atoms with Gasteiger partial charge in [-0.1, -0.05) is 12.1 Å². The normalized spacial score (nSPS) is 17.3. The first kappa shape index (κ1) is 19.3. The molecule has 1 aromatic heterocycles. The van der Waals surface area contributed by atoms with E-state index < -0.39 is 0 Å². The quantitative estimate of drug-likeness (QED) is 0.672. The zero-order valence-corrected chi connectivity index (χ0v) is 17.5. The molecule has 1 N–H and O–H groups in total. The van der Waals surface area contributed by atoms with E-state index >= 15 is 0 Å². The van der Waals surface area contributed by atoms with Crippen LogP contribution in [-0.4, -0.2) is 65.6 Å². The van der Waals surface area contributed by atoms with Crippen molar-refractivity contribution in [1.82, 2.24) is 30.4 Å². The first-order valence-electron chi connectivity index (χ1n) is 9.93. The third-order valence-corrected chi connectivity index (χ3v) is 5.74. The predicted octanol–water partition coefficient (Wildman–Crippen LogP) is 1.34. The van der Waals surface area contributed by atoms with Gasteiger partial charge in [0.15, 0.2) is 17.3 Å². The summed E-state index contributed by atoms with van der Waals surface area (Å²) >= 11 is 0. The Labute approximate surface area is 178 Å². The van der Waals surface area contributed by atoms with Crippen molar-refractivity contribution < 1.29 is 19.0 Å².